The second kappa shape index (κ2) is 4.77. The Bertz CT molecular complexity index is 791. The third-order valence-corrected chi connectivity index (χ3v) is 4.81. The van der Waals surface area contributed by atoms with E-state index in [-0.39, 0.29) is 11.5 Å². The van der Waals surface area contributed by atoms with Gasteiger partial charge in [-0.15, -0.1) is 11.3 Å². The Balaban J connectivity index is 2.15. The summed E-state index contributed by atoms with van der Waals surface area (Å²) >= 11 is 8.06. The molecule has 2 N–H and O–H groups in total. The molecule has 0 radical (unpaired) electrons. The smallest absolute Gasteiger partial charge is 0.240 e. The first kappa shape index (κ1) is 12.9. The molecule has 3 nitrogen and oxygen atoms in total. The lowest BCUT2D eigenvalue weighted by atomic mass is 10.2. The molecular weight excluding hydrogens is 394 g/mol. The molecule has 0 saturated carbocycles. The summed E-state index contributed by atoms with van der Waals surface area (Å²) in [7, 11) is 0. The molecule has 1 aromatic carbocycles. The fourth-order valence-corrected chi connectivity index (χ4v) is 3.49. The molecule has 0 saturated heterocycles. The normalized spacial score (nSPS) is 11.1. The van der Waals surface area contributed by atoms with Gasteiger partial charge in [0.05, 0.1) is 14.4 Å². The maximum atomic E-state index is 12.3. The summed E-state index contributed by atoms with van der Waals surface area (Å²) in [6.45, 7) is 0. The Morgan fingerprint density at radius 1 is 1.21 bits per heavy atom. The predicted octanol–water partition coefficient (Wildman–Crippen LogP) is 4.83. The molecule has 19 heavy (non-hydrogen) atoms. The van der Waals surface area contributed by atoms with Gasteiger partial charge in [0.2, 0.25) is 5.78 Å². The first-order valence-corrected chi connectivity index (χ1v) is 7.74. The number of furan rings is 1. The van der Waals surface area contributed by atoms with E-state index in [0.29, 0.717) is 16.1 Å². The summed E-state index contributed by atoms with van der Waals surface area (Å²) in [4.78, 5) is 12.9. The van der Waals surface area contributed by atoms with Gasteiger partial charge >= 0.3 is 0 Å². The van der Waals surface area contributed by atoms with Crippen molar-refractivity contribution in [3.05, 3.63) is 49.2 Å². The second-order valence-corrected chi connectivity index (χ2v) is 7.30. The van der Waals surface area contributed by atoms with Crippen LogP contribution in [0.4, 0.5) is 5.69 Å². The molecule has 2 heterocycles. The van der Waals surface area contributed by atoms with Crippen molar-refractivity contribution >= 4 is 65.6 Å². The summed E-state index contributed by atoms with van der Waals surface area (Å²) in [5.74, 6) is 0.00275. The standard InChI is InChI=1S/C13H7Br2NO2S/c14-6-1-2-8-7(5-6)11(16)13(18-8)12(17)9-3-4-10(15)19-9/h1-5H,16H2. The van der Waals surface area contributed by atoms with Crippen LogP contribution in [0.5, 0.6) is 0 Å². The van der Waals surface area contributed by atoms with Crippen molar-refractivity contribution in [2.24, 2.45) is 0 Å². The molecule has 0 aliphatic rings. The summed E-state index contributed by atoms with van der Waals surface area (Å²) in [6, 6.07) is 9.06. The number of ketones is 1. The van der Waals surface area contributed by atoms with Crippen molar-refractivity contribution in [3.8, 4) is 0 Å². The average Bonchev–Trinajstić information content (AvgIpc) is 2.94. The van der Waals surface area contributed by atoms with Crippen molar-refractivity contribution in [1.29, 1.82) is 0 Å². The minimum atomic E-state index is -0.194. The Hall–Kier alpha value is -1.11. The van der Waals surface area contributed by atoms with Crippen molar-refractivity contribution in [2.75, 3.05) is 5.73 Å². The Morgan fingerprint density at radius 2 is 2.00 bits per heavy atom. The molecule has 0 amide bonds. The van der Waals surface area contributed by atoms with Gasteiger partial charge in [-0.1, -0.05) is 15.9 Å². The fraction of sp³-hybridized carbons (Fsp3) is 0. The minimum absolute atomic E-state index is 0.194. The summed E-state index contributed by atoms with van der Waals surface area (Å²) in [5, 5.41) is 0.744. The largest absolute Gasteiger partial charge is 0.450 e. The number of halogens is 2. The molecule has 0 bridgehead atoms. The van der Waals surface area contributed by atoms with E-state index in [9.17, 15) is 4.79 Å². The van der Waals surface area contributed by atoms with Crippen LogP contribution in [0, 0.1) is 0 Å². The van der Waals surface area contributed by atoms with E-state index in [1.54, 1.807) is 12.1 Å². The SMILES string of the molecule is Nc1c(C(=O)c2ccc(Br)s2)oc2ccc(Br)cc12. The number of thiophene rings is 1. The van der Waals surface area contributed by atoms with Crippen LogP contribution in [0.25, 0.3) is 11.0 Å². The van der Waals surface area contributed by atoms with Crippen molar-refractivity contribution in [3.63, 3.8) is 0 Å². The Labute approximate surface area is 129 Å². The van der Waals surface area contributed by atoms with Crippen molar-refractivity contribution in [1.82, 2.24) is 0 Å². The zero-order chi connectivity index (χ0) is 13.6. The van der Waals surface area contributed by atoms with Gasteiger partial charge in [0.15, 0.2) is 5.76 Å². The number of nitrogens with two attached hydrogens (primary N) is 1. The molecule has 0 aliphatic carbocycles. The number of rotatable bonds is 2. The lowest BCUT2D eigenvalue weighted by Crippen LogP contribution is -2.00. The minimum Gasteiger partial charge on any atom is -0.450 e. The van der Waals surface area contributed by atoms with Gasteiger partial charge in [0, 0.05) is 9.86 Å². The van der Waals surface area contributed by atoms with Gasteiger partial charge in [-0.3, -0.25) is 4.79 Å². The van der Waals surface area contributed by atoms with E-state index >= 15 is 0 Å². The molecule has 3 rings (SSSR count). The molecule has 6 heteroatoms. The monoisotopic (exact) mass is 399 g/mol. The lowest BCUT2D eigenvalue weighted by Gasteiger charge is -1.94. The van der Waals surface area contributed by atoms with E-state index in [1.165, 1.54) is 11.3 Å². The Morgan fingerprint density at radius 3 is 2.68 bits per heavy atom. The topological polar surface area (TPSA) is 56.2 Å². The first-order chi connectivity index (χ1) is 9.06. The third-order valence-electron chi connectivity index (χ3n) is 2.69. The van der Waals surface area contributed by atoms with Crippen molar-refractivity contribution < 1.29 is 9.21 Å². The third kappa shape index (κ3) is 2.24. The van der Waals surface area contributed by atoms with Crippen LogP contribution in [0.3, 0.4) is 0 Å². The van der Waals surface area contributed by atoms with Crippen LogP contribution in [0.1, 0.15) is 15.4 Å². The van der Waals surface area contributed by atoms with Gasteiger partial charge in [-0.25, -0.2) is 0 Å². The zero-order valence-electron chi connectivity index (χ0n) is 9.44. The van der Waals surface area contributed by atoms with Crippen molar-refractivity contribution in [2.45, 2.75) is 0 Å². The summed E-state index contributed by atoms with van der Waals surface area (Å²) in [6.07, 6.45) is 0. The number of fused-ring (bicyclic) bond motifs is 1. The molecule has 0 aliphatic heterocycles. The van der Waals surface area contributed by atoms with E-state index < -0.39 is 0 Å². The molecule has 3 aromatic rings. The van der Waals surface area contributed by atoms with E-state index in [2.05, 4.69) is 31.9 Å². The highest BCUT2D eigenvalue weighted by Crippen LogP contribution is 2.33. The summed E-state index contributed by atoms with van der Waals surface area (Å²) < 4.78 is 7.37. The first-order valence-electron chi connectivity index (χ1n) is 5.34. The van der Waals surface area contributed by atoms with Gasteiger partial charge < -0.3 is 10.2 Å². The van der Waals surface area contributed by atoms with Gasteiger partial charge in [-0.05, 0) is 46.3 Å². The number of hydrogen-bond acceptors (Lipinski definition) is 4. The van der Waals surface area contributed by atoms with Gasteiger partial charge in [-0.2, -0.15) is 0 Å². The highest BCUT2D eigenvalue weighted by Gasteiger charge is 2.21. The predicted molar refractivity (Wildman–Crippen MR) is 83.8 cm³/mol. The van der Waals surface area contributed by atoms with Crippen LogP contribution in [0.15, 0.2) is 43.0 Å². The van der Waals surface area contributed by atoms with Crippen LogP contribution in [0.2, 0.25) is 0 Å². The Kier molecular flexibility index (Phi) is 3.24. The maximum Gasteiger partial charge on any atom is 0.240 e. The molecule has 2 aromatic heterocycles. The molecule has 0 atom stereocenters. The van der Waals surface area contributed by atoms with E-state index in [4.69, 9.17) is 10.2 Å². The fourth-order valence-electron chi connectivity index (χ4n) is 1.81. The van der Waals surface area contributed by atoms with Gasteiger partial charge in [0.1, 0.15) is 5.58 Å². The molecule has 0 fully saturated rings. The quantitative estimate of drug-likeness (QED) is 0.626. The lowest BCUT2D eigenvalue weighted by molar-refractivity contribution is 0.102. The number of anilines is 1. The highest BCUT2D eigenvalue weighted by atomic mass is 79.9. The van der Waals surface area contributed by atoms with Crippen LogP contribution >= 0.6 is 43.2 Å². The number of carbonyl (C=O) groups excluding carboxylic acids is 1. The summed E-state index contributed by atoms with van der Waals surface area (Å²) in [5.41, 5.74) is 7.00. The van der Waals surface area contributed by atoms with Crippen LogP contribution < -0.4 is 5.73 Å². The van der Waals surface area contributed by atoms with E-state index in [0.717, 1.165) is 13.6 Å². The maximum absolute atomic E-state index is 12.3. The van der Waals surface area contributed by atoms with Crippen LogP contribution in [-0.2, 0) is 0 Å². The second-order valence-electron chi connectivity index (χ2n) is 3.92. The molecular formula is C13H7Br2NO2S. The highest BCUT2D eigenvalue weighted by molar-refractivity contribution is 9.11. The van der Waals surface area contributed by atoms with Gasteiger partial charge in [0.25, 0.3) is 0 Å². The number of carbonyl (C=O) groups is 1. The molecule has 0 unspecified atom stereocenters. The number of hydrogen-bond donors (Lipinski definition) is 1. The average molecular weight is 401 g/mol. The van der Waals surface area contributed by atoms with E-state index in [1.807, 2.05) is 18.2 Å². The zero-order valence-corrected chi connectivity index (χ0v) is 13.4. The molecule has 96 valence electrons. The van der Waals surface area contributed by atoms with Crippen LogP contribution in [-0.4, -0.2) is 5.78 Å². The molecule has 0 spiro atoms. The number of nitrogen functional groups attached to an aromatic ring is 1. The number of benzene rings is 1.